The zero-order valence-corrected chi connectivity index (χ0v) is 55.7. The first-order valence-corrected chi connectivity index (χ1v) is 27.3. The fraction of sp³-hybridized carbons (Fsp3) is 1.00. The predicted molar refractivity (Wildman–Crippen MR) is 314 cm³/mol. The molecule has 0 saturated heterocycles. The third-order valence-corrected chi connectivity index (χ3v) is 19.2. The Bertz CT molecular complexity index is 1050. The molecule has 0 rings (SSSR count). The third-order valence-electron chi connectivity index (χ3n) is 19.2. The van der Waals surface area contributed by atoms with Crippen LogP contribution in [-0.4, -0.2) is 0 Å². The van der Waals surface area contributed by atoms with Gasteiger partial charge < -0.3 is 0 Å². The Morgan fingerprint density at radius 1 is 0.262 bits per heavy atom. The van der Waals surface area contributed by atoms with E-state index in [0.717, 1.165) is 41.4 Å². The molecular formula is C65H144. The maximum atomic E-state index is 2.35. The molecule has 0 aromatic carbocycles. The van der Waals surface area contributed by atoms with Crippen LogP contribution in [0.3, 0.4) is 0 Å². The van der Waals surface area contributed by atoms with E-state index in [1.54, 1.807) is 0 Å². The normalized spacial score (nSPS) is 14.9. The standard InChI is InChI=1S/C11H24.C10H22.4C9H20.C8H18/c1-9(2,3)11(7,8)10(4,5)6;1-8(9(2,3)4)10(5,6)7;1-7-9(5,6)8(2,3)4;2*1-7(2)8(3)9(4,5)6;1-7(2)9(5,6)8(3)4;1-7(2,3)8(4,5)6/h1-8H3;8H,1-7H3;7H2,1-6H3;3*7-8H,1-6H3;1-6H3/t;;;2*8-;;/m...11../s1. The van der Waals surface area contributed by atoms with Gasteiger partial charge in [0.05, 0.1) is 0 Å². The van der Waals surface area contributed by atoms with Crippen LogP contribution < -0.4 is 0 Å². The van der Waals surface area contributed by atoms with Crippen LogP contribution in [0, 0.1) is 106 Å². The van der Waals surface area contributed by atoms with Gasteiger partial charge in [-0.25, -0.2) is 0 Å². The van der Waals surface area contributed by atoms with Crippen molar-refractivity contribution in [1.82, 2.24) is 0 Å². The van der Waals surface area contributed by atoms with Crippen LogP contribution in [0.25, 0.3) is 0 Å². The molecule has 0 aromatic rings. The Kier molecular flexibility index (Phi) is 35.0. The Labute approximate surface area is 422 Å². The molecule has 0 amide bonds. The summed E-state index contributed by atoms with van der Waals surface area (Å²) in [6.07, 6.45) is 1.26. The molecule has 0 bridgehead atoms. The predicted octanol–water partition coefficient (Wildman–Crippen LogP) is 24.3. The maximum absolute atomic E-state index is 2.35. The number of hydrogen-bond donors (Lipinski definition) is 0. The van der Waals surface area contributed by atoms with Gasteiger partial charge in [0.2, 0.25) is 0 Å². The molecule has 0 spiro atoms. The molecule has 2 atom stereocenters. The first-order valence-electron chi connectivity index (χ1n) is 27.3. The van der Waals surface area contributed by atoms with E-state index in [4.69, 9.17) is 0 Å². The summed E-state index contributed by atoms with van der Waals surface area (Å²) in [6, 6.07) is 0. The van der Waals surface area contributed by atoms with Crippen LogP contribution in [0.4, 0.5) is 0 Å². The highest BCUT2D eigenvalue weighted by atomic mass is 14.5. The Balaban J connectivity index is -0.000000121. The minimum Gasteiger partial charge on any atom is -0.0649 e. The van der Waals surface area contributed by atoms with E-state index in [1.807, 2.05) is 0 Å². The van der Waals surface area contributed by atoms with Crippen LogP contribution >= 0.6 is 0 Å². The van der Waals surface area contributed by atoms with E-state index in [0.29, 0.717) is 65.0 Å². The summed E-state index contributed by atoms with van der Waals surface area (Å²) in [5.74, 6) is 5.60. The van der Waals surface area contributed by atoms with Gasteiger partial charge in [0.1, 0.15) is 0 Å². The number of hydrogen-bond acceptors (Lipinski definition) is 0. The van der Waals surface area contributed by atoms with E-state index in [-0.39, 0.29) is 0 Å². The molecular weight excluding hydrogens is 781 g/mol. The SMILES string of the molecule is CC(C(C)(C)C)C(C)(C)C.CC(C)(C)C(C)(C)C.CC(C)(C)C(C)(C)C(C)(C)C.CC(C)C(C)(C)C(C)C.CC(C)[C@@H](C)C(C)(C)C.CC(C)[C@@H](C)C(C)(C)C.CCC(C)(C)C(C)(C)C. The Morgan fingerprint density at radius 3 is 0.462 bits per heavy atom. The molecule has 0 aliphatic rings. The first-order chi connectivity index (χ1) is 27.3. The third kappa shape index (κ3) is 35.7. The summed E-state index contributed by atoms with van der Waals surface area (Å²) in [5.41, 5.74) is 5.28. The molecule has 0 heterocycles. The molecule has 0 nitrogen and oxygen atoms in total. The Hall–Kier alpha value is 0. The van der Waals surface area contributed by atoms with Gasteiger partial charge in [-0.2, -0.15) is 0 Å². The van der Waals surface area contributed by atoms with Crippen LogP contribution in [0.5, 0.6) is 0 Å². The van der Waals surface area contributed by atoms with Gasteiger partial charge in [-0.1, -0.05) is 318 Å². The lowest BCUT2D eigenvalue weighted by atomic mass is 9.56. The summed E-state index contributed by atoms with van der Waals surface area (Å²) >= 11 is 0. The number of rotatable bonds is 5. The maximum Gasteiger partial charge on any atom is -0.0257 e. The average molecular weight is 926 g/mol. The molecule has 0 N–H and O–H groups in total. The summed E-state index contributed by atoms with van der Waals surface area (Å²) in [4.78, 5) is 0. The van der Waals surface area contributed by atoms with Gasteiger partial charge in [0.15, 0.2) is 0 Å². The molecule has 0 aromatic heterocycles. The summed E-state index contributed by atoms with van der Waals surface area (Å²) in [6.45, 7) is 104. The van der Waals surface area contributed by atoms with Gasteiger partial charge in [-0.05, 0) is 106 Å². The fourth-order valence-corrected chi connectivity index (χ4v) is 5.62. The molecule has 404 valence electrons. The minimum absolute atomic E-state index is 0.375. The lowest BCUT2D eigenvalue weighted by Crippen LogP contribution is -2.41. The van der Waals surface area contributed by atoms with Crippen molar-refractivity contribution < 1.29 is 0 Å². The average Bonchev–Trinajstić information content (AvgIpc) is 3.01. The van der Waals surface area contributed by atoms with Crippen LogP contribution in [0.2, 0.25) is 0 Å². The molecule has 0 heteroatoms. The fourth-order valence-electron chi connectivity index (χ4n) is 5.62. The second-order valence-electron chi connectivity index (χ2n) is 33.5. The second-order valence-corrected chi connectivity index (χ2v) is 33.5. The van der Waals surface area contributed by atoms with Gasteiger partial charge in [-0.15, -0.1) is 0 Å². The van der Waals surface area contributed by atoms with Crippen molar-refractivity contribution in [1.29, 1.82) is 0 Å². The van der Waals surface area contributed by atoms with E-state index in [1.165, 1.54) is 6.42 Å². The van der Waals surface area contributed by atoms with Gasteiger partial charge in [0.25, 0.3) is 0 Å². The molecule has 0 unspecified atom stereocenters. The molecule has 65 heavy (non-hydrogen) atoms. The minimum atomic E-state index is 0.375. The van der Waals surface area contributed by atoms with Crippen molar-refractivity contribution in [2.75, 3.05) is 0 Å². The highest BCUT2D eigenvalue weighted by molar-refractivity contribution is 4.91. The molecule has 0 aliphatic heterocycles. The molecule has 0 saturated carbocycles. The van der Waals surface area contributed by atoms with E-state index in [2.05, 4.69) is 312 Å². The van der Waals surface area contributed by atoms with Crippen molar-refractivity contribution in [3.63, 3.8) is 0 Å². The van der Waals surface area contributed by atoms with E-state index >= 15 is 0 Å². The molecule has 0 aliphatic carbocycles. The first kappa shape index (κ1) is 79.1. The second kappa shape index (κ2) is 28.7. The zero-order valence-electron chi connectivity index (χ0n) is 55.7. The van der Waals surface area contributed by atoms with Crippen LogP contribution in [0.1, 0.15) is 318 Å². The van der Waals surface area contributed by atoms with Crippen molar-refractivity contribution in [2.45, 2.75) is 318 Å². The largest absolute Gasteiger partial charge is 0.0649 e. The zero-order chi connectivity index (χ0) is 55.7. The monoisotopic (exact) mass is 925 g/mol. The molecule has 0 fully saturated rings. The smallest absolute Gasteiger partial charge is 0.0257 e. The van der Waals surface area contributed by atoms with Crippen molar-refractivity contribution in [3.05, 3.63) is 0 Å². The highest BCUT2D eigenvalue weighted by Gasteiger charge is 2.42. The van der Waals surface area contributed by atoms with Gasteiger partial charge >= 0.3 is 0 Å². The summed E-state index contributed by atoms with van der Waals surface area (Å²) < 4.78 is 0. The topological polar surface area (TPSA) is 0 Å². The highest BCUT2D eigenvalue weighted by Crippen LogP contribution is 2.50. The lowest BCUT2D eigenvalue weighted by Gasteiger charge is -2.49. The summed E-state index contributed by atoms with van der Waals surface area (Å²) in [7, 11) is 0. The quantitative estimate of drug-likeness (QED) is 0.258. The van der Waals surface area contributed by atoms with Gasteiger partial charge in [0, 0.05) is 0 Å². The van der Waals surface area contributed by atoms with Crippen molar-refractivity contribution >= 4 is 0 Å². The molecule has 0 radical (unpaired) electrons. The van der Waals surface area contributed by atoms with E-state index < -0.39 is 0 Å². The van der Waals surface area contributed by atoms with Crippen LogP contribution in [-0.2, 0) is 0 Å². The summed E-state index contributed by atoms with van der Waals surface area (Å²) in [5, 5.41) is 0. The van der Waals surface area contributed by atoms with Gasteiger partial charge in [-0.3, -0.25) is 0 Å². The lowest BCUT2D eigenvalue weighted by molar-refractivity contribution is 0.00575. The van der Waals surface area contributed by atoms with Crippen molar-refractivity contribution in [2.24, 2.45) is 106 Å². The van der Waals surface area contributed by atoms with E-state index in [9.17, 15) is 0 Å². The Morgan fingerprint density at radius 2 is 0.462 bits per heavy atom. The van der Waals surface area contributed by atoms with Crippen molar-refractivity contribution in [3.8, 4) is 0 Å². The van der Waals surface area contributed by atoms with Crippen LogP contribution in [0.15, 0.2) is 0 Å².